The maximum absolute atomic E-state index is 12.6. The summed E-state index contributed by atoms with van der Waals surface area (Å²) in [4.78, 5) is 18.9. The summed E-state index contributed by atoms with van der Waals surface area (Å²) < 4.78 is 0. The Balaban J connectivity index is 1.75. The molecule has 0 N–H and O–H groups in total. The number of nitrogens with zero attached hydrogens (tertiary/aromatic N) is 2. The van der Waals surface area contributed by atoms with Crippen LogP contribution < -0.4 is 0 Å². The summed E-state index contributed by atoms with van der Waals surface area (Å²) in [6.07, 6.45) is 7.24. The molecule has 1 amide bonds. The Morgan fingerprint density at radius 2 is 2.10 bits per heavy atom. The molecular weight excluding hydrogens is 260 g/mol. The Labute approximate surface area is 124 Å². The van der Waals surface area contributed by atoms with E-state index in [1.54, 1.807) is 6.20 Å². The smallest absolute Gasteiger partial charge is 0.255 e. The predicted molar refractivity (Wildman–Crippen MR) is 81.9 cm³/mol. The van der Waals surface area contributed by atoms with Crippen LogP contribution in [0.15, 0.2) is 36.7 Å². The zero-order valence-corrected chi connectivity index (χ0v) is 12.2. The second kappa shape index (κ2) is 4.69. The van der Waals surface area contributed by atoms with Crippen LogP contribution in [0.5, 0.6) is 0 Å². The lowest BCUT2D eigenvalue weighted by atomic mass is 9.92. The van der Waals surface area contributed by atoms with Gasteiger partial charge in [0.15, 0.2) is 0 Å². The van der Waals surface area contributed by atoms with E-state index in [-0.39, 0.29) is 5.91 Å². The summed E-state index contributed by atoms with van der Waals surface area (Å²) in [5.74, 6) is 0.227. The summed E-state index contributed by atoms with van der Waals surface area (Å²) in [5, 5.41) is 0. The van der Waals surface area contributed by atoms with Gasteiger partial charge in [0.2, 0.25) is 0 Å². The first-order valence-electron chi connectivity index (χ1n) is 7.59. The molecule has 1 fully saturated rings. The molecule has 21 heavy (non-hydrogen) atoms. The first-order chi connectivity index (χ1) is 10.2. The third-order valence-electron chi connectivity index (χ3n) is 4.74. The monoisotopic (exact) mass is 278 g/mol. The molecule has 0 radical (unpaired) electrons. The molecule has 0 spiro atoms. The van der Waals surface area contributed by atoms with Crippen molar-refractivity contribution in [3.05, 3.63) is 53.3 Å². The molecule has 1 saturated carbocycles. The third-order valence-corrected chi connectivity index (χ3v) is 4.74. The number of carbonyl (C=O) groups is 1. The fourth-order valence-electron chi connectivity index (χ4n) is 3.38. The first-order valence-corrected chi connectivity index (χ1v) is 7.59. The fourth-order valence-corrected chi connectivity index (χ4v) is 3.38. The SMILES string of the molecule is Cc1cc(-c2cccnc2)cc2c1C(=O)N(C1CCC1)C2. The van der Waals surface area contributed by atoms with Crippen molar-refractivity contribution in [2.45, 2.75) is 38.8 Å². The molecular formula is C18H18N2O. The number of hydrogen-bond donors (Lipinski definition) is 0. The highest BCUT2D eigenvalue weighted by Crippen LogP contribution is 2.36. The van der Waals surface area contributed by atoms with Crippen molar-refractivity contribution >= 4 is 5.91 Å². The molecule has 2 aliphatic rings. The van der Waals surface area contributed by atoms with Crippen LogP contribution in [0, 0.1) is 6.92 Å². The van der Waals surface area contributed by atoms with Crippen molar-refractivity contribution in [3.8, 4) is 11.1 Å². The Morgan fingerprint density at radius 3 is 2.76 bits per heavy atom. The summed E-state index contributed by atoms with van der Waals surface area (Å²) in [6.45, 7) is 2.81. The lowest BCUT2D eigenvalue weighted by molar-refractivity contribution is 0.0606. The highest BCUT2D eigenvalue weighted by molar-refractivity contribution is 6.00. The number of carbonyl (C=O) groups excluding carboxylic acids is 1. The molecule has 1 aromatic carbocycles. The van der Waals surface area contributed by atoms with Gasteiger partial charge in [-0.05, 0) is 55.0 Å². The van der Waals surface area contributed by atoms with E-state index in [9.17, 15) is 4.79 Å². The molecule has 1 aliphatic carbocycles. The maximum Gasteiger partial charge on any atom is 0.255 e. The van der Waals surface area contributed by atoms with Gasteiger partial charge in [-0.15, -0.1) is 0 Å². The number of pyridine rings is 1. The fraction of sp³-hybridized carbons (Fsp3) is 0.333. The van der Waals surface area contributed by atoms with Crippen LogP contribution in [-0.2, 0) is 6.54 Å². The van der Waals surface area contributed by atoms with Crippen LogP contribution >= 0.6 is 0 Å². The van der Waals surface area contributed by atoms with E-state index in [2.05, 4.69) is 28.1 Å². The average molecular weight is 278 g/mol. The Hall–Kier alpha value is -2.16. The van der Waals surface area contributed by atoms with Crippen molar-refractivity contribution < 1.29 is 4.79 Å². The predicted octanol–water partition coefficient (Wildman–Crippen LogP) is 3.57. The minimum Gasteiger partial charge on any atom is -0.331 e. The maximum atomic E-state index is 12.6. The van der Waals surface area contributed by atoms with Crippen LogP contribution in [0.4, 0.5) is 0 Å². The van der Waals surface area contributed by atoms with Gasteiger partial charge in [0.25, 0.3) is 5.91 Å². The molecule has 3 heteroatoms. The van der Waals surface area contributed by atoms with Crippen LogP contribution in [-0.4, -0.2) is 21.8 Å². The Kier molecular flexibility index (Phi) is 2.81. The zero-order valence-electron chi connectivity index (χ0n) is 12.2. The van der Waals surface area contributed by atoms with Crippen molar-refractivity contribution in [2.75, 3.05) is 0 Å². The van der Waals surface area contributed by atoms with Crippen LogP contribution in [0.2, 0.25) is 0 Å². The molecule has 0 bridgehead atoms. The van der Waals surface area contributed by atoms with E-state index in [1.165, 1.54) is 12.0 Å². The Bertz CT molecular complexity index is 705. The number of benzene rings is 1. The van der Waals surface area contributed by atoms with Gasteiger partial charge >= 0.3 is 0 Å². The molecule has 3 nitrogen and oxygen atoms in total. The third kappa shape index (κ3) is 1.96. The van der Waals surface area contributed by atoms with E-state index in [0.29, 0.717) is 6.04 Å². The first kappa shape index (κ1) is 12.6. The van der Waals surface area contributed by atoms with E-state index in [1.807, 2.05) is 19.2 Å². The molecule has 1 aliphatic heterocycles. The van der Waals surface area contributed by atoms with Gasteiger partial charge in [-0.25, -0.2) is 0 Å². The van der Waals surface area contributed by atoms with Gasteiger partial charge in [-0.2, -0.15) is 0 Å². The lowest BCUT2D eigenvalue weighted by Crippen LogP contribution is -2.40. The molecule has 0 saturated heterocycles. The van der Waals surface area contributed by atoms with Gasteiger partial charge < -0.3 is 4.90 Å². The molecule has 0 atom stereocenters. The highest BCUT2D eigenvalue weighted by atomic mass is 16.2. The molecule has 4 rings (SSSR count). The second-order valence-electron chi connectivity index (χ2n) is 6.09. The van der Waals surface area contributed by atoms with E-state index >= 15 is 0 Å². The minimum atomic E-state index is 0.227. The Morgan fingerprint density at radius 1 is 1.24 bits per heavy atom. The summed E-state index contributed by atoms with van der Waals surface area (Å²) in [7, 11) is 0. The van der Waals surface area contributed by atoms with Crippen LogP contribution in [0.1, 0.15) is 40.7 Å². The summed E-state index contributed by atoms with van der Waals surface area (Å²) >= 11 is 0. The zero-order chi connectivity index (χ0) is 14.4. The largest absolute Gasteiger partial charge is 0.331 e. The standard InChI is InChI=1S/C18H18N2O/c1-12-8-14(13-4-3-7-19-10-13)9-15-11-20(16-5-2-6-16)18(21)17(12)15/h3-4,7-10,16H,2,5-6,11H2,1H3. The van der Waals surface area contributed by atoms with E-state index in [0.717, 1.165) is 41.6 Å². The molecule has 1 aromatic heterocycles. The molecule has 2 heterocycles. The van der Waals surface area contributed by atoms with Gasteiger partial charge in [0.1, 0.15) is 0 Å². The normalized spacial score (nSPS) is 17.8. The quantitative estimate of drug-likeness (QED) is 0.841. The number of amides is 1. The van der Waals surface area contributed by atoms with Gasteiger partial charge in [-0.1, -0.05) is 12.1 Å². The van der Waals surface area contributed by atoms with Crippen LogP contribution in [0.25, 0.3) is 11.1 Å². The number of rotatable bonds is 2. The summed E-state index contributed by atoms with van der Waals surface area (Å²) in [5.41, 5.74) is 5.44. The van der Waals surface area contributed by atoms with Gasteiger partial charge in [0, 0.05) is 36.1 Å². The number of hydrogen-bond acceptors (Lipinski definition) is 2. The molecule has 106 valence electrons. The lowest BCUT2D eigenvalue weighted by Gasteiger charge is -2.34. The summed E-state index contributed by atoms with van der Waals surface area (Å²) in [6, 6.07) is 8.75. The topological polar surface area (TPSA) is 33.2 Å². The molecule has 2 aromatic rings. The van der Waals surface area contributed by atoms with Crippen molar-refractivity contribution in [3.63, 3.8) is 0 Å². The van der Waals surface area contributed by atoms with E-state index in [4.69, 9.17) is 0 Å². The number of aryl methyl sites for hydroxylation is 1. The number of fused-ring (bicyclic) bond motifs is 1. The van der Waals surface area contributed by atoms with E-state index < -0.39 is 0 Å². The minimum absolute atomic E-state index is 0.227. The van der Waals surface area contributed by atoms with Crippen molar-refractivity contribution in [1.82, 2.24) is 9.88 Å². The van der Waals surface area contributed by atoms with Crippen molar-refractivity contribution in [2.24, 2.45) is 0 Å². The average Bonchev–Trinajstić information content (AvgIpc) is 2.75. The number of aromatic nitrogens is 1. The molecule has 0 unspecified atom stereocenters. The van der Waals surface area contributed by atoms with Crippen molar-refractivity contribution in [1.29, 1.82) is 0 Å². The second-order valence-corrected chi connectivity index (χ2v) is 6.09. The highest BCUT2D eigenvalue weighted by Gasteiger charge is 2.36. The van der Waals surface area contributed by atoms with Gasteiger partial charge in [-0.3, -0.25) is 9.78 Å². The van der Waals surface area contributed by atoms with Gasteiger partial charge in [0.05, 0.1) is 0 Å². The van der Waals surface area contributed by atoms with Crippen LogP contribution in [0.3, 0.4) is 0 Å².